The van der Waals surface area contributed by atoms with Gasteiger partial charge in [-0.2, -0.15) is 11.8 Å². The Bertz CT molecular complexity index is 895. The molecule has 1 saturated heterocycles. The van der Waals surface area contributed by atoms with Gasteiger partial charge >= 0.3 is 0 Å². The van der Waals surface area contributed by atoms with Crippen molar-refractivity contribution in [2.45, 2.75) is 11.7 Å². The first kappa shape index (κ1) is 17.3. The largest absolute Gasteiger partial charge is 0.355 e. The van der Waals surface area contributed by atoms with Crippen LogP contribution in [-0.2, 0) is 0 Å². The van der Waals surface area contributed by atoms with Crippen LogP contribution >= 0.6 is 23.1 Å². The summed E-state index contributed by atoms with van der Waals surface area (Å²) >= 11 is 3.24. The lowest BCUT2D eigenvalue weighted by molar-refractivity contribution is 0.0756. The molecule has 1 fully saturated rings. The van der Waals surface area contributed by atoms with E-state index in [4.69, 9.17) is 4.52 Å². The number of thioether (sulfide) groups is 1. The molecule has 1 atom stereocenters. The molecule has 0 saturated carbocycles. The van der Waals surface area contributed by atoms with E-state index in [1.165, 1.54) is 6.07 Å². The first-order chi connectivity index (χ1) is 12.7. The van der Waals surface area contributed by atoms with Crippen LogP contribution in [0.3, 0.4) is 0 Å². The third kappa shape index (κ3) is 3.54. The third-order valence-electron chi connectivity index (χ3n) is 4.37. The number of aromatic nitrogens is 1. The van der Waals surface area contributed by atoms with Gasteiger partial charge in [-0.1, -0.05) is 29.4 Å². The van der Waals surface area contributed by atoms with E-state index in [2.05, 4.69) is 5.16 Å². The normalized spacial score (nSPS) is 17.9. The van der Waals surface area contributed by atoms with Crippen molar-refractivity contribution in [1.29, 1.82) is 0 Å². The van der Waals surface area contributed by atoms with Gasteiger partial charge in [0, 0.05) is 35.7 Å². The predicted octanol–water partition coefficient (Wildman–Crippen LogP) is 4.86. The van der Waals surface area contributed by atoms with E-state index >= 15 is 0 Å². The van der Waals surface area contributed by atoms with Gasteiger partial charge in [-0.25, -0.2) is 4.39 Å². The van der Waals surface area contributed by atoms with Crippen LogP contribution in [0.5, 0.6) is 0 Å². The van der Waals surface area contributed by atoms with Crippen LogP contribution in [0.4, 0.5) is 4.39 Å². The molecule has 26 heavy (non-hydrogen) atoms. The molecule has 0 spiro atoms. The van der Waals surface area contributed by atoms with E-state index in [9.17, 15) is 9.18 Å². The lowest BCUT2D eigenvalue weighted by Gasteiger charge is -2.19. The summed E-state index contributed by atoms with van der Waals surface area (Å²) in [5, 5.41) is 5.96. The van der Waals surface area contributed by atoms with Crippen molar-refractivity contribution in [2.24, 2.45) is 0 Å². The zero-order chi connectivity index (χ0) is 17.9. The zero-order valence-corrected chi connectivity index (χ0v) is 15.6. The molecule has 1 aliphatic heterocycles. The summed E-state index contributed by atoms with van der Waals surface area (Å²) < 4.78 is 19.4. The van der Waals surface area contributed by atoms with E-state index in [1.807, 2.05) is 29.6 Å². The van der Waals surface area contributed by atoms with Crippen LogP contribution in [0.15, 0.2) is 52.4 Å². The highest BCUT2D eigenvalue weighted by Gasteiger charge is 2.26. The number of carbonyl (C=O) groups excluding carboxylic acids is 1. The number of carbonyl (C=O) groups is 1. The maximum atomic E-state index is 14.0. The molecule has 1 amide bonds. The molecule has 0 aliphatic carbocycles. The highest BCUT2D eigenvalue weighted by Crippen LogP contribution is 2.36. The van der Waals surface area contributed by atoms with Crippen LogP contribution in [-0.4, -0.2) is 34.8 Å². The fourth-order valence-electron chi connectivity index (χ4n) is 3.03. The average Bonchev–Trinajstić information content (AvgIpc) is 3.29. The standard InChI is InChI=1S/C19H17FN2O2S2/c20-14-5-2-1-4-13(14)17-7-8-22(9-11-26-17)19(23)15-12-16(24-21-15)18-6-3-10-25-18/h1-6,10,12,17H,7-9,11H2. The minimum Gasteiger partial charge on any atom is -0.355 e. The van der Waals surface area contributed by atoms with Crippen molar-refractivity contribution in [3.8, 4) is 10.6 Å². The van der Waals surface area contributed by atoms with Gasteiger partial charge in [0.2, 0.25) is 0 Å². The van der Waals surface area contributed by atoms with Gasteiger partial charge in [-0.3, -0.25) is 4.79 Å². The maximum absolute atomic E-state index is 14.0. The van der Waals surface area contributed by atoms with E-state index in [0.717, 1.165) is 10.6 Å². The molecule has 1 unspecified atom stereocenters. The highest BCUT2D eigenvalue weighted by atomic mass is 32.2. The van der Waals surface area contributed by atoms with Crippen LogP contribution in [0.1, 0.15) is 27.7 Å². The Kier molecular flexibility index (Phi) is 5.08. The number of hydrogen-bond donors (Lipinski definition) is 0. The van der Waals surface area contributed by atoms with Crippen molar-refractivity contribution in [2.75, 3.05) is 18.8 Å². The summed E-state index contributed by atoms with van der Waals surface area (Å²) in [5.41, 5.74) is 1.04. The molecular formula is C19H17FN2O2S2. The molecule has 0 bridgehead atoms. The molecule has 134 valence electrons. The van der Waals surface area contributed by atoms with Gasteiger partial charge in [0.05, 0.1) is 4.88 Å². The van der Waals surface area contributed by atoms with Crippen molar-refractivity contribution in [3.63, 3.8) is 0 Å². The molecule has 0 radical (unpaired) electrons. The van der Waals surface area contributed by atoms with Crippen LogP contribution in [0.25, 0.3) is 10.6 Å². The Labute approximate surface area is 159 Å². The Morgan fingerprint density at radius 1 is 1.23 bits per heavy atom. The van der Waals surface area contributed by atoms with E-state index < -0.39 is 0 Å². The Morgan fingerprint density at radius 2 is 2.12 bits per heavy atom. The van der Waals surface area contributed by atoms with Gasteiger partial charge in [0.25, 0.3) is 5.91 Å². The minimum atomic E-state index is -0.179. The second-order valence-corrected chi connectivity index (χ2v) is 8.27. The number of thiophene rings is 1. The number of amides is 1. The third-order valence-corrected chi connectivity index (χ3v) is 6.57. The SMILES string of the molecule is O=C(c1cc(-c2cccs2)on1)N1CCSC(c2ccccc2F)CC1. The predicted molar refractivity (Wildman–Crippen MR) is 102 cm³/mol. The molecule has 1 aliphatic rings. The van der Waals surface area contributed by atoms with Crippen molar-refractivity contribution < 1.29 is 13.7 Å². The summed E-state index contributed by atoms with van der Waals surface area (Å²) in [6.07, 6.45) is 0.715. The van der Waals surface area contributed by atoms with Crippen molar-refractivity contribution in [1.82, 2.24) is 10.1 Å². The summed E-state index contributed by atoms with van der Waals surface area (Å²) in [5.74, 6) is 1.06. The molecule has 1 aromatic carbocycles. The molecule has 3 aromatic rings. The Balaban J connectivity index is 1.46. The molecule has 4 rings (SSSR count). The first-order valence-electron chi connectivity index (χ1n) is 8.38. The van der Waals surface area contributed by atoms with Gasteiger partial charge in [0.15, 0.2) is 11.5 Å². The Morgan fingerprint density at radius 3 is 2.92 bits per heavy atom. The van der Waals surface area contributed by atoms with E-state index in [1.54, 1.807) is 40.1 Å². The van der Waals surface area contributed by atoms with Crippen LogP contribution in [0, 0.1) is 5.82 Å². The summed E-state index contributed by atoms with van der Waals surface area (Å²) in [6, 6.07) is 12.4. The number of benzene rings is 1. The first-order valence-corrected chi connectivity index (χ1v) is 10.3. The molecule has 4 nitrogen and oxygen atoms in total. The van der Waals surface area contributed by atoms with Crippen LogP contribution < -0.4 is 0 Å². The van der Waals surface area contributed by atoms with Crippen molar-refractivity contribution >= 4 is 29.0 Å². The zero-order valence-electron chi connectivity index (χ0n) is 13.9. The molecule has 7 heteroatoms. The summed E-state index contributed by atoms with van der Waals surface area (Å²) in [6.45, 7) is 1.20. The van der Waals surface area contributed by atoms with Gasteiger partial charge in [-0.15, -0.1) is 11.3 Å². The highest BCUT2D eigenvalue weighted by molar-refractivity contribution is 7.99. The van der Waals surface area contributed by atoms with E-state index in [-0.39, 0.29) is 17.0 Å². The number of rotatable bonds is 3. The van der Waals surface area contributed by atoms with Gasteiger partial charge < -0.3 is 9.42 Å². The summed E-state index contributed by atoms with van der Waals surface area (Å²) in [7, 11) is 0. The monoisotopic (exact) mass is 388 g/mol. The van der Waals surface area contributed by atoms with E-state index in [0.29, 0.717) is 36.5 Å². The lowest BCUT2D eigenvalue weighted by atomic mass is 10.1. The topological polar surface area (TPSA) is 46.3 Å². The fourth-order valence-corrected chi connectivity index (χ4v) is 4.96. The lowest BCUT2D eigenvalue weighted by Crippen LogP contribution is -2.33. The van der Waals surface area contributed by atoms with Gasteiger partial charge in [-0.05, 0) is 23.9 Å². The second kappa shape index (κ2) is 7.63. The number of nitrogens with zero attached hydrogens (tertiary/aromatic N) is 2. The summed E-state index contributed by atoms with van der Waals surface area (Å²) in [4.78, 5) is 15.5. The average molecular weight is 388 g/mol. The smallest absolute Gasteiger partial charge is 0.276 e. The molecule has 3 heterocycles. The fraction of sp³-hybridized carbons (Fsp3) is 0.263. The number of halogens is 1. The van der Waals surface area contributed by atoms with Crippen LogP contribution in [0.2, 0.25) is 0 Å². The minimum absolute atomic E-state index is 0.0630. The molecule has 0 N–H and O–H groups in total. The quantitative estimate of drug-likeness (QED) is 0.643. The molecule has 2 aromatic heterocycles. The van der Waals surface area contributed by atoms with Crippen molar-refractivity contribution in [3.05, 3.63) is 64.9 Å². The van der Waals surface area contributed by atoms with Gasteiger partial charge in [0.1, 0.15) is 5.82 Å². The second-order valence-electron chi connectivity index (χ2n) is 6.02. The molecular weight excluding hydrogens is 371 g/mol. The number of hydrogen-bond acceptors (Lipinski definition) is 5. The maximum Gasteiger partial charge on any atom is 0.276 e. The Hall–Kier alpha value is -2.12.